The summed E-state index contributed by atoms with van der Waals surface area (Å²) in [6, 6.07) is 13.8. The molecule has 1 heterocycles. The SMILES string of the molecule is COc1ccc(CC(C)C(=O)N2CCN(c3ccccc3OC)CC2)cc1OC. The molecule has 0 spiro atoms. The van der Waals surface area contributed by atoms with Crippen molar-refractivity contribution in [3.63, 3.8) is 0 Å². The average molecular weight is 399 g/mol. The zero-order valence-corrected chi connectivity index (χ0v) is 17.7. The third-order valence-corrected chi connectivity index (χ3v) is 5.43. The van der Waals surface area contributed by atoms with Crippen molar-refractivity contribution in [3.8, 4) is 17.2 Å². The zero-order valence-electron chi connectivity index (χ0n) is 17.7. The van der Waals surface area contributed by atoms with Gasteiger partial charge in [0.1, 0.15) is 5.75 Å². The number of carbonyl (C=O) groups excluding carboxylic acids is 1. The van der Waals surface area contributed by atoms with Crippen LogP contribution in [0.25, 0.3) is 0 Å². The van der Waals surface area contributed by atoms with Gasteiger partial charge in [-0.15, -0.1) is 0 Å². The molecule has 156 valence electrons. The van der Waals surface area contributed by atoms with Gasteiger partial charge in [-0.3, -0.25) is 4.79 Å². The number of anilines is 1. The normalized spacial score (nSPS) is 15.0. The van der Waals surface area contributed by atoms with Crippen LogP contribution in [0.3, 0.4) is 0 Å². The van der Waals surface area contributed by atoms with E-state index in [4.69, 9.17) is 14.2 Å². The standard InChI is InChI=1S/C23H30N2O4/c1-17(15-18-9-10-21(28-3)22(16-18)29-4)23(26)25-13-11-24(12-14-25)19-7-5-6-8-20(19)27-2/h5-10,16-17H,11-15H2,1-4H3. The van der Waals surface area contributed by atoms with Gasteiger partial charge in [-0.05, 0) is 36.2 Å². The molecule has 0 bridgehead atoms. The Morgan fingerprint density at radius 3 is 2.21 bits per heavy atom. The van der Waals surface area contributed by atoms with Crippen LogP contribution in [0.5, 0.6) is 17.2 Å². The number of ether oxygens (including phenoxy) is 3. The Labute approximate surface area is 173 Å². The van der Waals surface area contributed by atoms with E-state index in [1.165, 1.54) is 0 Å². The van der Waals surface area contributed by atoms with Gasteiger partial charge in [-0.1, -0.05) is 25.1 Å². The van der Waals surface area contributed by atoms with Crippen molar-refractivity contribution in [3.05, 3.63) is 48.0 Å². The molecular weight excluding hydrogens is 368 g/mol. The summed E-state index contributed by atoms with van der Waals surface area (Å²) in [7, 11) is 4.93. The minimum absolute atomic E-state index is 0.0917. The number of hydrogen-bond acceptors (Lipinski definition) is 5. The maximum atomic E-state index is 13.0. The predicted octanol–water partition coefficient (Wildman–Crippen LogP) is 3.24. The van der Waals surface area contributed by atoms with E-state index in [2.05, 4.69) is 11.0 Å². The molecule has 3 rings (SSSR count). The number of amides is 1. The van der Waals surface area contributed by atoms with Crippen molar-refractivity contribution in [1.29, 1.82) is 0 Å². The number of benzene rings is 2. The highest BCUT2D eigenvalue weighted by Crippen LogP contribution is 2.30. The maximum Gasteiger partial charge on any atom is 0.225 e. The van der Waals surface area contributed by atoms with Crippen molar-refractivity contribution < 1.29 is 19.0 Å². The van der Waals surface area contributed by atoms with E-state index < -0.39 is 0 Å². The molecule has 29 heavy (non-hydrogen) atoms. The third kappa shape index (κ3) is 4.75. The average Bonchev–Trinajstić information content (AvgIpc) is 2.78. The van der Waals surface area contributed by atoms with Crippen LogP contribution < -0.4 is 19.1 Å². The van der Waals surface area contributed by atoms with Crippen LogP contribution in [0.1, 0.15) is 12.5 Å². The molecule has 6 heteroatoms. The molecule has 0 N–H and O–H groups in total. The molecule has 1 aliphatic heterocycles. The monoisotopic (exact) mass is 398 g/mol. The molecule has 2 aromatic carbocycles. The first-order valence-corrected chi connectivity index (χ1v) is 9.95. The molecule has 2 aromatic rings. The molecule has 1 unspecified atom stereocenters. The minimum atomic E-state index is -0.0917. The van der Waals surface area contributed by atoms with Gasteiger partial charge in [0.15, 0.2) is 11.5 Å². The summed E-state index contributed by atoms with van der Waals surface area (Å²) in [4.78, 5) is 17.2. The van der Waals surface area contributed by atoms with Gasteiger partial charge < -0.3 is 24.0 Å². The lowest BCUT2D eigenvalue weighted by molar-refractivity contribution is -0.135. The number of rotatable bonds is 7. The number of piperazine rings is 1. The van der Waals surface area contributed by atoms with Crippen molar-refractivity contribution >= 4 is 11.6 Å². The van der Waals surface area contributed by atoms with E-state index in [1.54, 1.807) is 21.3 Å². The summed E-state index contributed by atoms with van der Waals surface area (Å²) < 4.78 is 16.1. The summed E-state index contributed by atoms with van der Waals surface area (Å²) in [6.07, 6.45) is 0.673. The number of para-hydroxylation sites is 2. The van der Waals surface area contributed by atoms with Crippen LogP contribution in [0, 0.1) is 5.92 Å². The molecule has 1 atom stereocenters. The van der Waals surface area contributed by atoms with E-state index in [9.17, 15) is 4.79 Å². The predicted molar refractivity (Wildman–Crippen MR) is 114 cm³/mol. The minimum Gasteiger partial charge on any atom is -0.495 e. The van der Waals surface area contributed by atoms with E-state index in [-0.39, 0.29) is 11.8 Å². The van der Waals surface area contributed by atoms with Gasteiger partial charge in [0.05, 0.1) is 27.0 Å². The third-order valence-electron chi connectivity index (χ3n) is 5.43. The van der Waals surface area contributed by atoms with Gasteiger partial charge in [-0.25, -0.2) is 0 Å². The van der Waals surface area contributed by atoms with Crippen LogP contribution in [-0.4, -0.2) is 58.3 Å². The second kappa shape index (κ2) is 9.54. The van der Waals surface area contributed by atoms with Crippen LogP contribution >= 0.6 is 0 Å². The smallest absolute Gasteiger partial charge is 0.225 e. The number of carbonyl (C=O) groups is 1. The van der Waals surface area contributed by atoms with Gasteiger partial charge >= 0.3 is 0 Å². The fourth-order valence-electron chi connectivity index (χ4n) is 3.82. The molecule has 1 aliphatic rings. The van der Waals surface area contributed by atoms with Gasteiger partial charge in [-0.2, -0.15) is 0 Å². The highest BCUT2D eigenvalue weighted by atomic mass is 16.5. The quantitative estimate of drug-likeness (QED) is 0.717. The van der Waals surface area contributed by atoms with Gasteiger partial charge in [0.2, 0.25) is 5.91 Å². The lowest BCUT2D eigenvalue weighted by Gasteiger charge is -2.37. The second-order valence-electron chi connectivity index (χ2n) is 7.28. The fraction of sp³-hybridized carbons (Fsp3) is 0.435. The van der Waals surface area contributed by atoms with Crippen LogP contribution in [-0.2, 0) is 11.2 Å². The summed E-state index contributed by atoms with van der Waals surface area (Å²) in [5, 5.41) is 0. The van der Waals surface area contributed by atoms with Crippen molar-refractivity contribution in [2.75, 3.05) is 52.4 Å². The van der Waals surface area contributed by atoms with E-state index in [0.29, 0.717) is 31.0 Å². The zero-order chi connectivity index (χ0) is 20.8. The molecule has 6 nitrogen and oxygen atoms in total. The Morgan fingerprint density at radius 2 is 1.55 bits per heavy atom. The lowest BCUT2D eigenvalue weighted by atomic mass is 9.99. The highest BCUT2D eigenvalue weighted by molar-refractivity contribution is 5.79. The van der Waals surface area contributed by atoms with Gasteiger partial charge in [0.25, 0.3) is 0 Å². The number of hydrogen-bond donors (Lipinski definition) is 0. The van der Waals surface area contributed by atoms with Crippen LogP contribution in [0.4, 0.5) is 5.69 Å². The van der Waals surface area contributed by atoms with Crippen molar-refractivity contribution in [1.82, 2.24) is 4.90 Å². The molecule has 0 aromatic heterocycles. The summed E-state index contributed by atoms with van der Waals surface area (Å²) in [6.45, 7) is 5.02. The first kappa shape index (κ1) is 20.8. The van der Waals surface area contributed by atoms with E-state index >= 15 is 0 Å². The van der Waals surface area contributed by atoms with Crippen LogP contribution in [0.15, 0.2) is 42.5 Å². The number of methoxy groups -OCH3 is 3. The first-order valence-electron chi connectivity index (χ1n) is 9.95. The van der Waals surface area contributed by atoms with E-state index in [0.717, 1.165) is 30.1 Å². The summed E-state index contributed by atoms with van der Waals surface area (Å²) >= 11 is 0. The Hall–Kier alpha value is -2.89. The van der Waals surface area contributed by atoms with E-state index in [1.807, 2.05) is 48.2 Å². The second-order valence-corrected chi connectivity index (χ2v) is 7.28. The van der Waals surface area contributed by atoms with Crippen LogP contribution in [0.2, 0.25) is 0 Å². The molecule has 1 saturated heterocycles. The summed E-state index contributed by atoms with van der Waals surface area (Å²) in [5.41, 5.74) is 2.15. The largest absolute Gasteiger partial charge is 0.495 e. The lowest BCUT2D eigenvalue weighted by Crippen LogP contribution is -2.50. The highest BCUT2D eigenvalue weighted by Gasteiger charge is 2.26. The Morgan fingerprint density at radius 1 is 0.897 bits per heavy atom. The molecule has 1 amide bonds. The Bertz CT molecular complexity index is 831. The molecule has 0 aliphatic carbocycles. The topological polar surface area (TPSA) is 51.2 Å². The van der Waals surface area contributed by atoms with Crippen molar-refractivity contribution in [2.24, 2.45) is 5.92 Å². The van der Waals surface area contributed by atoms with Crippen molar-refractivity contribution in [2.45, 2.75) is 13.3 Å². The summed E-state index contributed by atoms with van der Waals surface area (Å²) in [5.74, 6) is 2.36. The first-order chi connectivity index (χ1) is 14.1. The molecule has 0 radical (unpaired) electrons. The molecular formula is C23H30N2O4. The number of nitrogens with zero attached hydrogens (tertiary/aromatic N) is 2. The van der Waals surface area contributed by atoms with Gasteiger partial charge in [0, 0.05) is 32.1 Å². The molecule has 0 saturated carbocycles. The maximum absolute atomic E-state index is 13.0. The fourth-order valence-corrected chi connectivity index (χ4v) is 3.82. The Kier molecular flexibility index (Phi) is 6.86. The molecule has 1 fully saturated rings. The Balaban J connectivity index is 1.59.